The third kappa shape index (κ3) is 3.56. The summed E-state index contributed by atoms with van der Waals surface area (Å²) in [6.07, 6.45) is 1.60. The Labute approximate surface area is 163 Å². The van der Waals surface area contributed by atoms with Crippen molar-refractivity contribution in [1.82, 2.24) is 14.3 Å². The highest BCUT2D eigenvalue weighted by molar-refractivity contribution is 7.88. The van der Waals surface area contributed by atoms with Crippen molar-refractivity contribution >= 4 is 37.4 Å². The van der Waals surface area contributed by atoms with Crippen molar-refractivity contribution < 1.29 is 8.42 Å². The molecule has 0 N–H and O–H groups in total. The van der Waals surface area contributed by atoms with E-state index >= 15 is 0 Å². The van der Waals surface area contributed by atoms with Crippen LogP contribution in [0.3, 0.4) is 0 Å². The molecule has 6 nitrogen and oxygen atoms in total. The Morgan fingerprint density at radius 1 is 1.04 bits per heavy atom. The van der Waals surface area contributed by atoms with Crippen LogP contribution in [0.5, 0.6) is 0 Å². The zero-order valence-corrected chi connectivity index (χ0v) is 17.1. The third-order valence-corrected chi connectivity index (χ3v) is 8.03. The summed E-state index contributed by atoms with van der Waals surface area (Å²) in [5.41, 5.74) is 2.03. The molecule has 0 amide bonds. The fraction of sp³-hybridized carbons (Fsp3) is 0.368. The number of thiophene rings is 1. The van der Waals surface area contributed by atoms with E-state index in [1.807, 2.05) is 30.3 Å². The number of rotatable bonds is 4. The van der Waals surface area contributed by atoms with Crippen LogP contribution in [0.25, 0.3) is 10.2 Å². The van der Waals surface area contributed by atoms with Gasteiger partial charge >= 0.3 is 0 Å². The summed E-state index contributed by atoms with van der Waals surface area (Å²) in [5, 5.41) is 1.10. The van der Waals surface area contributed by atoms with Crippen molar-refractivity contribution in [2.24, 2.45) is 0 Å². The Bertz CT molecular complexity index is 1060. The summed E-state index contributed by atoms with van der Waals surface area (Å²) in [4.78, 5) is 13.3. The lowest BCUT2D eigenvalue weighted by Gasteiger charge is -2.35. The third-order valence-electron chi connectivity index (χ3n) is 5.07. The molecule has 142 valence electrons. The van der Waals surface area contributed by atoms with E-state index in [4.69, 9.17) is 0 Å². The molecule has 0 aliphatic carbocycles. The van der Waals surface area contributed by atoms with E-state index < -0.39 is 10.0 Å². The van der Waals surface area contributed by atoms with Gasteiger partial charge in [0.2, 0.25) is 10.0 Å². The summed E-state index contributed by atoms with van der Waals surface area (Å²) < 4.78 is 27.1. The minimum atomic E-state index is -3.31. The molecule has 1 aromatic carbocycles. The van der Waals surface area contributed by atoms with Gasteiger partial charge in [-0.1, -0.05) is 30.3 Å². The number of piperazine rings is 1. The Kier molecular flexibility index (Phi) is 4.88. The lowest BCUT2D eigenvalue weighted by Crippen LogP contribution is -2.49. The van der Waals surface area contributed by atoms with Crippen LogP contribution in [0.2, 0.25) is 0 Å². The van der Waals surface area contributed by atoms with Gasteiger partial charge in [0.15, 0.2) is 0 Å². The molecular formula is C19H22N4O2S2. The van der Waals surface area contributed by atoms with Gasteiger partial charge in [0.05, 0.1) is 11.1 Å². The smallest absolute Gasteiger partial charge is 0.218 e. The zero-order chi connectivity index (χ0) is 19.0. The number of nitrogens with zero attached hydrogens (tertiary/aromatic N) is 4. The molecular weight excluding hydrogens is 380 g/mol. The fourth-order valence-electron chi connectivity index (χ4n) is 3.46. The summed E-state index contributed by atoms with van der Waals surface area (Å²) in [6, 6.07) is 9.34. The van der Waals surface area contributed by atoms with Gasteiger partial charge in [-0.3, -0.25) is 0 Å². The molecule has 1 fully saturated rings. The largest absolute Gasteiger partial charge is 0.353 e. The van der Waals surface area contributed by atoms with Crippen LogP contribution in [-0.4, -0.2) is 48.9 Å². The molecule has 3 aromatic rings. The average molecular weight is 403 g/mol. The van der Waals surface area contributed by atoms with E-state index in [0.29, 0.717) is 26.2 Å². The monoisotopic (exact) mass is 402 g/mol. The quantitative estimate of drug-likeness (QED) is 0.671. The first-order chi connectivity index (χ1) is 13.0. The molecule has 1 saturated heterocycles. The molecule has 0 atom stereocenters. The molecule has 27 heavy (non-hydrogen) atoms. The van der Waals surface area contributed by atoms with Crippen molar-refractivity contribution in [3.8, 4) is 0 Å². The minimum Gasteiger partial charge on any atom is -0.353 e. The highest BCUT2D eigenvalue weighted by Gasteiger charge is 2.28. The maximum absolute atomic E-state index is 12.8. The van der Waals surface area contributed by atoms with Gasteiger partial charge in [-0.15, -0.1) is 11.3 Å². The van der Waals surface area contributed by atoms with Crippen LogP contribution in [0.15, 0.2) is 36.7 Å². The molecule has 0 radical (unpaired) electrons. The lowest BCUT2D eigenvalue weighted by molar-refractivity contribution is 0.383. The first-order valence-electron chi connectivity index (χ1n) is 8.93. The molecule has 0 unspecified atom stereocenters. The highest BCUT2D eigenvalue weighted by atomic mass is 32.2. The second-order valence-corrected chi connectivity index (χ2v) is 9.96. The van der Waals surface area contributed by atoms with E-state index in [1.54, 1.807) is 22.0 Å². The Morgan fingerprint density at radius 3 is 2.44 bits per heavy atom. The van der Waals surface area contributed by atoms with Gasteiger partial charge in [-0.05, 0) is 25.0 Å². The SMILES string of the molecule is Cc1sc2ncnc(N3CCN(S(=O)(=O)Cc4ccccc4)CC3)c2c1C. The molecule has 1 aliphatic heterocycles. The van der Waals surface area contributed by atoms with Crippen LogP contribution in [0.4, 0.5) is 5.82 Å². The standard InChI is InChI=1S/C19H22N4O2S2/c1-14-15(2)26-19-17(14)18(20-13-21-19)22-8-10-23(11-9-22)27(24,25)12-16-6-4-3-5-7-16/h3-7,13H,8-12H2,1-2H3. The number of anilines is 1. The topological polar surface area (TPSA) is 66.4 Å². The number of hydrogen-bond donors (Lipinski definition) is 0. The van der Waals surface area contributed by atoms with Crippen LogP contribution in [0, 0.1) is 13.8 Å². The van der Waals surface area contributed by atoms with Gasteiger partial charge in [-0.25, -0.2) is 18.4 Å². The lowest BCUT2D eigenvalue weighted by atomic mass is 10.2. The van der Waals surface area contributed by atoms with Gasteiger partial charge in [0, 0.05) is 31.1 Å². The normalized spacial score (nSPS) is 16.1. The number of fused-ring (bicyclic) bond motifs is 1. The van der Waals surface area contributed by atoms with E-state index in [1.165, 1.54) is 10.4 Å². The number of hydrogen-bond acceptors (Lipinski definition) is 6. The molecule has 8 heteroatoms. The van der Waals surface area contributed by atoms with Crippen LogP contribution in [0.1, 0.15) is 16.0 Å². The van der Waals surface area contributed by atoms with Gasteiger partial charge < -0.3 is 4.90 Å². The van der Waals surface area contributed by atoms with E-state index in [-0.39, 0.29) is 5.75 Å². The maximum Gasteiger partial charge on any atom is 0.218 e. The number of sulfonamides is 1. The van der Waals surface area contributed by atoms with Crippen molar-refractivity contribution in [1.29, 1.82) is 0 Å². The zero-order valence-electron chi connectivity index (χ0n) is 15.4. The molecule has 2 aromatic heterocycles. The van der Waals surface area contributed by atoms with Crippen molar-refractivity contribution in [2.75, 3.05) is 31.1 Å². The van der Waals surface area contributed by atoms with E-state index in [2.05, 4.69) is 28.7 Å². The first kappa shape index (κ1) is 18.3. The van der Waals surface area contributed by atoms with Gasteiger partial charge in [0.1, 0.15) is 17.0 Å². The summed E-state index contributed by atoms with van der Waals surface area (Å²) >= 11 is 1.68. The molecule has 0 spiro atoms. The number of benzene rings is 1. The molecule has 4 rings (SSSR count). The summed E-state index contributed by atoms with van der Waals surface area (Å²) in [5.74, 6) is 0.969. The van der Waals surface area contributed by atoms with E-state index in [0.717, 1.165) is 21.6 Å². The average Bonchev–Trinajstić information content (AvgIpc) is 2.96. The minimum absolute atomic E-state index is 0.0500. The van der Waals surface area contributed by atoms with Crippen LogP contribution < -0.4 is 4.90 Å². The second-order valence-electron chi connectivity index (χ2n) is 6.79. The Hall–Kier alpha value is -2.03. The first-order valence-corrected chi connectivity index (χ1v) is 11.4. The molecule has 3 heterocycles. The summed E-state index contributed by atoms with van der Waals surface area (Å²) in [6.45, 7) is 6.41. The molecule has 1 aliphatic rings. The van der Waals surface area contributed by atoms with Crippen LogP contribution >= 0.6 is 11.3 Å². The maximum atomic E-state index is 12.8. The van der Waals surface area contributed by atoms with Crippen molar-refractivity contribution in [3.63, 3.8) is 0 Å². The molecule has 0 saturated carbocycles. The highest BCUT2D eigenvalue weighted by Crippen LogP contribution is 2.34. The Morgan fingerprint density at radius 2 is 1.74 bits per heavy atom. The van der Waals surface area contributed by atoms with Crippen molar-refractivity contribution in [3.05, 3.63) is 52.7 Å². The predicted octanol–water partition coefficient (Wildman–Crippen LogP) is 2.96. The van der Waals surface area contributed by atoms with Crippen molar-refractivity contribution in [2.45, 2.75) is 19.6 Å². The van der Waals surface area contributed by atoms with Crippen LogP contribution in [-0.2, 0) is 15.8 Å². The molecule has 0 bridgehead atoms. The van der Waals surface area contributed by atoms with E-state index in [9.17, 15) is 8.42 Å². The second kappa shape index (κ2) is 7.18. The fourth-order valence-corrected chi connectivity index (χ4v) is 5.97. The van der Waals surface area contributed by atoms with Gasteiger partial charge in [0.25, 0.3) is 0 Å². The predicted molar refractivity (Wildman–Crippen MR) is 110 cm³/mol. The number of aryl methyl sites for hydroxylation is 2. The summed E-state index contributed by atoms with van der Waals surface area (Å²) in [7, 11) is -3.31. The van der Waals surface area contributed by atoms with Gasteiger partial charge in [-0.2, -0.15) is 4.31 Å². The Balaban J connectivity index is 1.51. The number of aromatic nitrogens is 2.